The van der Waals surface area contributed by atoms with E-state index in [1.165, 1.54) is 0 Å². The van der Waals surface area contributed by atoms with Gasteiger partial charge in [0.15, 0.2) is 0 Å². The number of nitrogens with one attached hydrogen (secondary N) is 1. The molecule has 0 saturated heterocycles. The summed E-state index contributed by atoms with van der Waals surface area (Å²) in [5.74, 6) is 0.568. The minimum absolute atomic E-state index is 0.282. The molecule has 0 fully saturated rings. The number of nitrogens with zero attached hydrogens (tertiary/aromatic N) is 1. The zero-order valence-corrected chi connectivity index (χ0v) is 9.32. The molecule has 0 aliphatic heterocycles. The Hall–Kier alpha value is -0.930. The first-order valence-corrected chi connectivity index (χ1v) is 5.58. The second-order valence-electron chi connectivity index (χ2n) is 3.74. The van der Waals surface area contributed by atoms with Crippen LogP contribution < -0.4 is 5.32 Å². The van der Waals surface area contributed by atoms with Crippen LogP contribution in [0.5, 0.6) is 0 Å². The van der Waals surface area contributed by atoms with Gasteiger partial charge < -0.3 is 10.4 Å². The van der Waals surface area contributed by atoms with Crippen molar-refractivity contribution in [2.24, 2.45) is 5.92 Å². The molecule has 0 amide bonds. The third-order valence-corrected chi connectivity index (χ3v) is 2.58. The van der Waals surface area contributed by atoms with E-state index in [1.807, 2.05) is 24.4 Å². The molecule has 84 valence electrons. The van der Waals surface area contributed by atoms with E-state index in [1.54, 1.807) is 0 Å². The first-order valence-electron chi connectivity index (χ1n) is 5.58. The first kappa shape index (κ1) is 12.1. The van der Waals surface area contributed by atoms with Gasteiger partial charge in [0.1, 0.15) is 0 Å². The molecule has 0 saturated carbocycles. The molecule has 0 radical (unpaired) electrons. The molecule has 0 spiro atoms. The lowest BCUT2D eigenvalue weighted by Crippen LogP contribution is -2.23. The molecule has 1 rings (SSSR count). The summed E-state index contributed by atoms with van der Waals surface area (Å²) in [5, 5.41) is 12.2. The molecule has 3 nitrogen and oxygen atoms in total. The lowest BCUT2D eigenvalue weighted by Gasteiger charge is -2.13. The fourth-order valence-electron chi connectivity index (χ4n) is 1.54. The Bertz CT molecular complexity index is 251. The highest BCUT2D eigenvalue weighted by atomic mass is 16.3. The Morgan fingerprint density at radius 1 is 1.47 bits per heavy atom. The van der Waals surface area contributed by atoms with Gasteiger partial charge in [-0.3, -0.25) is 4.98 Å². The summed E-state index contributed by atoms with van der Waals surface area (Å²) in [5.41, 5.74) is 1.07. The average molecular weight is 208 g/mol. The quantitative estimate of drug-likeness (QED) is 0.715. The van der Waals surface area contributed by atoms with Crippen LogP contribution in [0, 0.1) is 5.92 Å². The highest BCUT2D eigenvalue weighted by Gasteiger charge is 2.04. The van der Waals surface area contributed by atoms with E-state index < -0.39 is 0 Å². The van der Waals surface area contributed by atoms with E-state index in [4.69, 9.17) is 5.11 Å². The van der Waals surface area contributed by atoms with Gasteiger partial charge in [-0.25, -0.2) is 0 Å². The molecule has 15 heavy (non-hydrogen) atoms. The van der Waals surface area contributed by atoms with Crippen LogP contribution in [0.3, 0.4) is 0 Å². The third-order valence-electron chi connectivity index (χ3n) is 2.58. The fraction of sp³-hybridized carbons (Fsp3) is 0.583. The Labute approximate surface area is 91.5 Å². The van der Waals surface area contributed by atoms with Crippen LogP contribution in [-0.4, -0.2) is 23.2 Å². The third kappa shape index (κ3) is 4.91. The Morgan fingerprint density at radius 2 is 2.33 bits per heavy atom. The normalized spacial score (nSPS) is 12.7. The number of hydrogen-bond acceptors (Lipinski definition) is 3. The largest absolute Gasteiger partial charge is 0.396 e. The van der Waals surface area contributed by atoms with Crippen LogP contribution in [0.15, 0.2) is 24.4 Å². The molecule has 1 aromatic heterocycles. The van der Waals surface area contributed by atoms with Crippen molar-refractivity contribution in [1.82, 2.24) is 10.3 Å². The van der Waals surface area contributed by atoms with Crippen molar-refractivity contribution in [2.75, 3.05) is 13.2 Å². The number of aliphatic hydroxyl groups excluding tert-OH is 1. The SMILES string of the molecule is CCC(CCO)CNCc1ccccn1. The van der Waals surface area contributed by atoms with Crippen LogP contribution in [0.4, 0.5) is 0 Å². The average Bonchev–Trinajstić information content (AvgIpc) is 2.29. The smallest absolute Gasteiger partial charge is 0.0541 e. The Kier molecular flexibility index (Phi) is 5.97. The number of hydrogen-bond donors (Lipinski definition) is 2. The zero-order chi connectivity index (χ0) is 10.9. The maximum Gasteiger partial charge on any atom is 0.0541 e. The molecular formula is C12H20N2O. The van der Waals surface area contributed by atoms with Gasteiger partial charge in [-0.05, 0) is 31.0 Å². The minimum Gasteiger partial charge on any atom is -0.396 e. The zero-order valence-electron chi connectivity index (χ0n) is 9.32. The molecule has 1 aromatic rings. The van der Waals surface area contributed by atoms with Gasteiger partial charge in [0, 0.05) is 19.3 Å². The maximum atomic E-state index is 8.84. The fourth-order valence-corrected chi connectivity index (χ4v) is 1.54. The predicted octanol–water partition coefficient (Wildman–Crippen LogP) is 1.58. The molecule has 0 bridgehead atoms. The van der Waals surface area contributed by atoms with Gasteiger partial charge in [0.2, 0.25) is 0 Å². The second-order valence-corrected chi connectivity index (χ2v) is 3.74. The van der Waals surface area contributed by atoms with Crippen molar-refractivity contribution in [3.63, 3.8) is 0 Å². The van der Waals surface area contributed by atoms with Gasteiger partial charge in [-0.2, -0.15) is 0 Å². The highest BCUT2D eigenvalue weighted by Crippen LogP contribution is 2.05. The van der Waals surface area contributed by atoms with Crippen LogP contribution in [0.1, 0.15) is 25.5 Å². The summed E-state index contributed by atoms with van der Waals surface area (Å²) in [7, 11) is 0. The van der Waals surface area contributed by atoms with Gasteiger partial charge in [-0.15, -0.1) is 0 Å². The molecule has 0 aliphatic carbocycles. The van der Waals surface area contributed by atoms with Crippen LogP contribution in [0.25, 0.3) is 0 Å². The van der Waals surface area contributed by atoms with Crippen molar-refractivity contribution in [3.05, 3.63) is 30.1 Å². The molecule has 1 unspecified atom stereocenters. The lowest BCUT2D eigenvalue weighted by molar-refractivity contribution is 0.251. The number of pyridine rings is 1. The molecule has 0 aromatic carbocycles. The van der Waals surface area contributed by atoms with Crippen molar-refractivity contribution in [2.45, 2.75) is 26.3 Å². The van der Waals surface area contributed by atoms with E-state index >= 15 is 0 Å². The van der Waals surface area contributed by atoms with E-state index in [2.05, 4.69) is 17.2 Å². The molecule has 3 heteroatoms. The van der Waals surface area contributed by atoms with Crippen molar-refractivity contribution < 1.29 is 5.11 Å². The monoisotopic (exact) mass is 208 g/mol. The van der Waals surface area contributed by atoms with E-state index in [9.17, 15) is 0 Å². The molecular weight excluding hydrogens is 188 g/mol. The summed E-state index contributed by atoms with van der Waals surface area (Å²) in [4.78, 5) is 4.24. The summed E-state index contributed by atoms with van der Waals surface area (Å²) in [6, 6.07) is 5.93. The Morgan fingerprint density at radius 3 is 2.93 bits per heavy atom. The minimum atomic E-state index is 0.282. The van der Waals surface area contributed by atoms with Gasteiger partial charge in [-0.1, -0.05) is 19.4 Å². The molecule has 1 atom stereocenters. The Balaban J connectivity index is 2.20. The van der Waals surface area contributed by atoms with Crippen molar-refractivity contribution >= 4 is 0 Å². The van der Waals surface area contributed by atoms with Gasteiger partial charge in [0.05, 0.1) is 5.69 Å². The highest BCUT2D eigenvalue weighted by molar-refractivity contribution is 5.02. The molecule has 0 aliphatic rings. The number of aromatic nitrogens is 1. The topological polar surface area (TPSA) is 45.1 Å². The molecule has 1 heterocycles. The summed E-state index contributed by atoms with van der Waals surface area (Å²) in [6.45, 7) is 4.20. The predicted molar refractivity (Wildman–Crippen MR) is 61.4 cm³/mol. The standard InChI is InChI=1S/C12H20N2O/c1-2-11(6-8-15)9-13-10-12-5-3-4-7-14-12/h3-5,7,11,13,15H,2,6,8-10H2,1H3. The summed E-state index contributed by atoms with van der Waals surface area (Å²) in [6.07, 6.45) is 3.80. The summed E-state index contributed by atoms with van der Waals surface area (Å²) < 4.78 is 0. The second kappa shape index (κ2) is 7.37. The summed E-state index contributed by atoms with van der Waals surface area (Å²) >= 11 is 0. The molecule has 2 N–H and O–H groups in total. The van der Waals surface area contributed by atoms with E-state index in [-0.39, 0.29) is 6.61 Å². The first-order chi connectivity index (χ1) is 7.36. The number of rotatable bonds is 7. The lowest BCUT2D eigenvalue weighted by atomic mass is 10.0. The number of aliphatic hydroxyl groups is 1. The van der Waals surface area contributed by atoms with E-state index in [0.717, 1.165) is 31.6 Å². The van der Waals surface area contributed by atoms with Crippen molar-refractivity contribution in [1.29, 1.82) is 0 Å². The van der Waals surface area contributed by atoms with Crippen LogP contribution in [-0.2, 0) is 6.54 Å². The van der Waals surface area contributed by atoms with Gasteiger partial charge >= 0.3 is 0 Å². The van der Waals surface area contributed by atoms with E-state index in [0.29, 0.717) is 5.92 Å². The van der Waals surface area contributed by atoms with Gasteiger partial charge in [0.25, 0.3) is 0 Å². The maximum absolute atomic E-state index is 8.84. The van der Waals surface area contributed by atoms with Crippen LogP contribution in [0.2, 0.25) is 0 Å². The van der Waals surface area contributed by atoms with Crippen LogP contribution >= 0.6 is 0 Å². The van der Waals surface area contributed by atoms with Crippen molar-refractivity contribution in [3.8, 4) is 0 Å².